The molecule has 0 aromatic heterocycles. The monoisotopic (exact) mass is 383 g/mol. The molecule has 0 radical (unpaired) electrons. The number of rotatable bonds is 4. The number of morpholine rings is 1. The van der Waals surface area contributed by atoms with Gasteiger partial charge in [0.1, 0.15) is 5.82 Å². The lowest BCUT2D eigenvalue weighted by Crippen LogP contribution is -2.46. The van der Waals surface area contributed by atoms with Crippen molar-refractivity contribution in [3.63, 3.8) is 0 Å². The first-order valence-corrected chi connectivity index (χ1v) is 9.95. The van der Waals surface area contributed by atoms with Gasteiger partial charge in [-0.1, -0.05) is 35.9 Å². The highest BCUT2D eigenvalue weighted by Crippen LogP contribution is 2.28. The standard InChI is InChI=1S/C18H19ClFNO3S/c1-13-10-21(11-18(24-13)15-4-8-17(20)9-5-15)25(22,23)12-14-2-6-16(19)7-3-14/h2-9,13,18H,10-12H2,1H3. The van der Waals surface area contributed by atoms with Crippen LogP contribution in [0.1, 0.15) is 24.2 Å². The van der Waals surface area contributed by atoms with Crippen molar-refractivity contribution >= 4 is 21.6 Å². The second-order valence-electron chi connectivity index (χ2n) is 6.19. The first kappa shape index (κ1) is 18.3. The maximum atomic E-state index is 13.1. The van der Waals surface area contributed by atoms with Gasteiger partial charge in [0.2, 0.25) is 10.0 Å². The quantitative estimate of drug-likeness (QED) is 0.807. The van der Waals surface area contributed by atoms with Crippen molar-refractivity contribution in [2.24, 2.45) is 0 Å². The van der Waals surface area contributed by atoms with Gasteiger partial charge in [-0.25, -0.2) is 12.8 Å². The third-order valence-corrected chi connectivity index (χ3v) is 6.16. The average Bonchev–Trinajstić information content (AvgIpc) is 2.57. The van der Waals surface area contributed by atoms with Gasteiger partial charge < -0.3 is 4.74 Å². The molecule has 0 aliphatic carbocycles. The minimum absolute atomic E-state index is 0.0903. The van der Waals surface area contributed by atoms with Gasteiger partial charge in [-0.2, -0.15) is 4.31 Å². The molecule has 0 N–H and O–H groups in total. The zero-order chi connectivity index (χ0) is 18.0. The minimum atomic E-state index is -3.50. The first-order valence-electron chi connectivity index (χ1n) is 7.97. The largest absolute Gasteiger partial charge is 0.368 e. The van der Waals surface area contributed by atoms with Gasteiger partial charge in [0, 0.05) is 18.1 Å². The summed E-state index contributed by atoms with van der Waals surface area (Å²) in [5.41, 5.74) is 1.45. The number of hydrogen-bond donors (Lipinski definition) is 0. The van der Waals surface area contributed by atoms with E-state index in [1.807, 2.05) is 6.92 Å². The van der Waals surface area contributed by atoms with Gasteiger partial charge in [0.05, 0.1) is 18.0 Å². The molecule has 2 atom stereocenters. The first-order chi connectivity index (χ1) is 11.8. The summed E-state index contributed by atoms with van der Waals surface area (Å²) in [4.78, 5) is 0. The summed E-state index contributed by atoms with van der Waals surface area (Å²) in [6, 6.07) is 12.7. The van der Waals surface area contributed by atoms with Crippen LogP contribution in [-0.4, -0.2) is 31.9 Å². The molecule has 1 heterocycles. The molecule has 4 nitrogen and oxygen atoms in total. The molecule has 0 spiro atoms. The molecule has 1 saturated heterocycles. The molecule has 0 saturated carbocycles. The van der Waals surface area contributed by atoms with E-state index in [4.69, 9.17) is 16.3 Å². The molecule has 1 fully saturated rings. The number of ether oxygens (including phenoxy) is 1. The van der Waals surface area contributed by atoms with Crippen LogP contribution in [0.2, 0.25) is 5.02 Å². The Morgan fingerprint density at radius 1 is 1.12 bits per heavy atom. The van der Waals surface area contributed by atoms with Gasteiger partial charge in [0.25, 0.3) is 0 Å². The Balaban J connectivity index is 1.78. The van der Waals surface area contributed by atoms with Crippen molar-refractivity contribution in [3.8, 4) is 0 Å². The van der Waals surface area contributed by atoms with Crippen molar-refractivity contribution in [2.75, 3.05) is 13.1 Å². The highest BCUT2D eigenvalue weighted by atomic mass is 35.5. The fourth-order valence-corrected chi connectivity index (χ4v) is 4.61. The fraction of sp³-hybridized carbons (Fsp3) is 0.333. The Kier molecular flexibility index (Phi) is 5.43. The average molecular weight is 384 g/mol. The molecular formula is C18H19ClFNO3S. The summed E-state index contributed by atoms with van der Waals surface area (Å²) >= 11 is 5.85. The molecule has 2 aromatic rings. The molecule has 2 unspecified atom stereocenters. The topological polar surface area (TPSA) is 46.6 Å². The van der Waals surface area contributed by atoms with E-state index in [1.54, 1.807) is 36.4 Å². The predicted octanol–water partition coefficient (Wildman–Crippen LogP) is 3.77. The van der Waals surface area contributed by atoms with Crippen molar-refractivity contribution in [2.45, 2.75) is 24.9 Å². The Hall–Kier alpha value is -1.47. The van der Waals surface area contributed by atoms with Crippen LogP contribution in [0.5, 0.6) is 0 Å². The zero-order valence-corrected chi connectivity index (χ0v) is 15.3. The van der Waals surface area contributed by atoms with Gasteiger partial charge in [0.15, 0.2) is 0 Å². The lowest BCUT2D eigenvalue weighted by Gasteiger charge is -2.36. The molecule has 3 rings (SSSR count). The van der Waals surface area contributed by atoms with Crippen LogP contribution in [0.4, 0.5) is 4.39 Å². The Morgan fingerprint density at radius 3 is 2.40 bits per heavy atom. The van der Waals surface area contributed by atoms with Crippen LogP contribution in [-0.2, 0) is 20.5 Å². The number of hydrogen-bond acceptors (Lipinski definition) is 3. The predicted molar refractivity (Wildman–Crippen MR) is 95.3 cm³/mol. The number of halogens is 2. The maximum absolute atomic E-state index is 13.1. The van der Waals surface area contributed by atoms with E-state index in [-0.39, 0.29) is 24.2 Å². The van der Waals surface area contributed by atoms with Crippen molar-refractivity contribution in [1.82, 2.24) is 4.31 Å². The number of sulfonamides is 1. The molecule has 2 aromatic carbocycles. The van der Waals surface area contributed by atoms with Gasteiger partial charge in [-0.3, -0.25) is 0 Å². The van der Waals surface area contributed by atoms with E-state index in [0.717, 1.165) is 5.56 Å². The second-order valence-corrected chi connectivity index (χ2v) is 8.59. The van der Waals surface area contributed by atoms with E-state index >= 15 is 0 Å². The maximum Gasteiger partial charge on any atom is 0.218 e. The Bertz CT molecular complexity index is 824. The third kappa shape index (κ3) is 4.58. The van der Waals surface area contributed by atoms with Crippen LogP contribution < -0.4 is 0 Å². The summed E-state index contributed by atoms with van der Waals surface area (Å²) in [5, 5.41) is 0.567. The van der Waals surface area contributed by atoms with Crippen molar-refractivity contribution < 1.29 is 17.5 Å². The highest BCUT2D eigenvalue weighted by Gasteiger charge is 2.33. The minimum Gasteiger partial charge on any atom is -0.368 e. The molecular weight excluding hydrogens is 365 g/mol. The molecule has 0 bridgehead atoms. The van der Waals surface area contributed by atoms with Crippen LogP contribution in [0, 0.1) is 5.82 Å². The van der Waals surface area contributed by atoms with Crippen LogP contribution in [0.25, 0.3) is 0 Å². The molecule has 1 aliphatic heterocycles. The Labute approximate surface area is 152 Å². The summed E-state index contributed by atoms with van der Waals surface area (Å²) in [6.07, 6.45) is -0.659. The molecule has 134 valence electrons. The lowest BCUT2D eigenvalue weighted by molar-refractivity contribution is -0.0557. The fourth-order valence-electron chi connectivity index (χ4n) is 2.88. The Morgan fingerprint density at radius 2 is 1.76 bits per heavy atom. The summed E-state index contributed by atoms with van der Waals surface area (Å²) in [6.45, 7) is 2.35. The van der Waals surface area contributed by atoms with E-state index in [0.29, 0.717) is 17.1 Å². The summed E-state index contributed by atoms with van der Waals surface area (Å²) in [7, 11) is -3.50. The van der Waals surface area contributed by atoms with E-state index in [1.165, 1.54) is 16.4 Å². The lowest BCUT2D eigenvalue weighted by atomic mass is 10.1. The summed E-state index contributed by atoms with van der Waals surface area (Å²) < 4.78 is 46.0. The SMILES string of the molecule is CC1CN(S(=O)(=O)Cc2ccc(Cl)cc2)CC(c2ccc(F)cc2)O1. The summed E-state index contributed by atoms with van der Waals surface area (Å²) in [5.74, 6) is -0.424. The number of nitrogens with zero attached hydrogens (tertiary/aromatic N) is 1. The third-order valence-electron chi connectivity index (χ3n) is 4.12. The van der Waals surface area contributed by atoms with Crippen LogP contribution in [0.3, 0.4) is 0 Å². The van der Waals surface area contributed by atoms with E-state index in [9.17, 15) is 12.8 Å². The number of benzene rings is 2. The zero-order valence-electron chi connectivity index (χ0n) is 13.7. The van der Waals surface area contributed by atoms with Crippen molar-refractivity contribution in [3.05, 3.63) is 70.5 Å². The van der Waals surface area contributed by atoms with Crippen LogP contribution >= 0.6 is 11.6 Å². The smallest absolute Gasteiger partial charge is 0.218 e. The van der Waals surface area contributed by atoms with Gasteiger partial charge in [-0.15, -0.1) is 0 Å². The van der Waals surface area contributed by atoms with E-state index in [2.05, 4.69) is 0 Å². The van der Waals surface area contributed by atoms with Crippen molar-refractivity contribution in [1.29, 1.82) is 0 Å². The molecule has 7 heteroatoms. The molecule has 25 heavy (non-hydrogen) atoms. The van der Waals surface area contributed by atoms with E-state index < -0.39 is 16.1 Å². The molecule has 1 aliphatic rings. The van der Waals surface area contributed by atoms with Gasteiger partial charge in [-0.05, 0) is 42.3 Å². The highest BCUT2D eigenvalue weighted by molar-refractivity contribution is 7.88. The molecule has 0 amide bonds. The normalized spacial score (nSPS) is 22.0. The van der Waals surface area contributed by atoms with Gasteiger partial charge >= 0.3 is 0 Å². The van der Waals surface area contributed by atoms with Crippen LogP contribution in [0.15, 0.2) is 48.5 Å². The second kappa shape index (κ2) is 7.41.